The number of nitrogens with one attached hydrogen (secondary N) is 2. The van der Waals surface area contributed by atoms with Crippen molar-refractivity contribution in [1.29, 1.82) is 0 Å². The predicted molar refractivity (Wildman–Crippen MR) is 117 cm³/mol. The first-order valence-corrected chi connectivity index (χ1v) is 11.5. The summed E-state index contributed by atoms with van der Waals surface area (Å²) in [5.74, 6) is -2.30. The molecular formula is C20H21BrN4O5S. The van der Waals surface area contributed by atoms with Crippen molar-refractivity contribution < 1.29 is 17.6 Å². The fourth-order valence-corrected chi connectivity index (χ4v) is 5.17. The maximum Gasteiger partial charge on any atom is 0.434 e. The van der Waals surface area contributed by atoms with Gasteiger partial charge in [-0.25, -0.2) is 18.3 Å². The van der Waals surface area contributed by atoms with Crippen molar-refractivity contribution in [2.45, 2.75) is 37.6 Å². The Bertz CT molecular complexity index is 1300. The molecule has 2 atom stereocenters. The van der Waals surface area contributed by atoms with E-state index < -0.39 is 33.6 Å². The zero-order valence-corrected chi connectivity index (χ0v) is 19.4. The summed E-state index contributed by atoms with van der Waals surface area (Å²) in [6, 6.07) is 8.73. The number of halogens is 1. The van der Waals surface area contributed by atoms with Gasteiger partial charge in [0.1, 0.15) is 6.04 Å². The van der Waals surface area contributed by atoms with Crippen LogP contribution in [-0.4, -0.2) is 24.5 Å². The van der Waals surface area contributed by atoms with Gasteiger partial charge >= 0.3 is 5.76 Å². The predicted octanol–water partition coefficient (Wildman–Crippen LogP) is 2.66. The van der Waals surface area contributed by atoms with E-state index in [0.717, 1.165) is 16.7 Å². The number of aromatic nitrogens is 2. The van der Waals surface area contributed by atoms with E-state index >= 15 is 0 Å². The third kappa shape index (κ3) is 4.78. The first-order chi connectivity index (χ1) is 14.5. The molecule has 0 aliphatic rings. The lowest BCUT2D eigenvalue weighted by Gasteiger charge is -2.25. The summed E-state index contributed by atoms with van der Waals surface area (Å²) in [6.45, 7) is 5.66. The van der Waals surface area contributed by atoms with Crippen molar-refractivity contribution in [3.63, 3.8) is 0 Å². The van der Waals surface area contributed by atoms with Crippen LogP contribution in [0.3, 0.4) is 0 Å². The van der Waals surface area contributed by atoms with E-state index in [9.17, 15) is 18.0 Å². The van der Waals surface area contributed by atoms with Crippen molar-refractivity contribution in [3.8, 4) is 0 Å². The molecule has 0 saturated heterocycles. The molecule has 0 radical (unpaired) electrons. The Hall–Kier alpha value is -2.76. The van der Waals surface area contributed by atoms with Crippen LogP contribution in [0.1, 0.15) is 51.8 Å². The number of sulfonamides is 1. The maximum absolute atomic E-state index is 13.3. The van der Waals surface area contributed by atoms with Gasteiger partial charge in [0.25, 0.3) is 0 Å². The van der Waals surface area contributed by atoms with Gasteiger partial charge in [-0.15, -0.1) is 5.10 Å². The minimum Gasteiger partial charge on any atom is -0.391 e. The molecule has 1 amide bonds. The molecule has 164 valence electrons. The molecule has 2 aromatic carbocycles. The lowest BCUT2D eigenvalue weighted by Crippen LogP contribution is -2.34. The Morgan fingerprint density at radius 1 is 1.26 bits per heavy atom. The van der Waals surface area contributed by atoms with Crippen LogP contribution >= 0.6 is 15.9 Å². The number of hydrogen-bond acceptors (Lipinski definition) is 6. The van der Waals surface area contributed by atoms with Gasteiger partial charge in [0, 0.05) is 10.4 Å². The molecule has 0 aliphatic heterocycles. The number of amides is 1. The van der Waals surface area contributed by atoms with Crippen molar-refractivity contribution >= 4 is 31.9 Å². The number of hydrogen-bond donors (Lipinski definition) is 3. The minimum atomic E-state index is -4.25. The van der Waals surface area contributed by atoms with Crippen LogP contribution < -0.4 is 16.2 Å². The van der Waals surface area contributed by atoms with Crippen LogP contribution in [0.4, 0.5) is 0 Å². The van der Waals surface area contributed by atoms with Gasteiger partial charge in [-0.05, 0) is 48.7 Å². The normalized spacial score (nSPS) is 13.7. The Labute approximate surface area is 187 Å². The molecule has 0 bridgehead atoms. The van der Waals surface area contributed by atoms with E-state index in [0.29, 0.717) is 4.47 Å². The van der Waals surface area contributed by atoms with Crippen molar-refractivity contribution in [2.24, 2.45) is 5.73 Å². The van der Waals surface area contributed by atoms with Crippen molar-refractivity contribution in [3.05, 3.63) is 79.6 Å². The van der Waals surface area contributed by atoms with E-state index in [1.807, 2.05) is 32.0 Å². The number of H-pyrrole nitrogens is 1. The van der Waals surface area contributed by atoms with Gasteiger partial charge in [0.05, 0.1) is 10.5 Å². The Balaban J connectivity index is 2.11. The third-order valence-electron chi connectivity index (χ3n) is 5.14. The van der Waals surface area contributed by atoms with Crippen molar-refractivity contribution in [2.75, 3.05) is 0 Å². The number of carbonyl (C=O) groups excluding carboxylic acids is 1. The van der Waals surface area contributed by atoms with Gasteiger partial charge in [-0.3, -0.25) is 4.79 Å². The molecule has 0 saturated carbocycles. The number of aromatic amines is 1. The summed E-state index contributed by atoms with van der Waals surface area (Å²) in [6.07, 6.45) is 0. The summed E-state index contributed by atoms with van der Waals surface area (Å²) >= 11 is 3.20. The molecule has 4 N–H and O–H groups in total. The molecule has 9 nitrogen and oxygen atoms in total. The topological polar surface area (TPSA) is 148 Å². The van der Waals surface area contributed by atoms with Crippen LogP contribution in [0.2, 0.25) is 0 Å². The number of primary amides is 1. The molecule has 31 heavy (non-hydrogen) atoms. The highest BCUT2D eigenvalue weighted by atomic mass is 79.9. The second kappa shape index (κ2) is 8.77. The van der Waals surface area contributed by atoms with Crippen LogP contribution in [0.15, 0.2) is 55.0 Å². The van der Waals surface area contributed by atoms with Gasteiger partial charge < -0.3 is 10.2 Å². The smallest absolute Gasteiger partial charge is 0.391 e. The number of aryl methyl sites for hydroxylation is 1. The average molecular weight is 509 g/mol. The molecular weight excluding hydrogens is 488 g/mol. The Morgan fingerprint density at radius 2 is 1.97 bits per heavy atom. The van der Waals surface area contributed by atoms with Crippen LogP contribution in [0.25, 0.3) is 0 Å². The number of rotatable bonds is 7. The van der Waals surface area contributed by atoms with Gasteiger partial charge in [-0.1, -0.05) is 41.1 Å². The monoisotopic (exact) mass is 508 g/mol. The van der Waals surface area contributed by atoms with Crippen LogP contribution in [0.5, 0.6) is 0 Å². The van der Waals surface area contributed by atoms with Gasteiger partial charge in [-0.2, -0.15) is 4.72 Å². The number of benzene rings is 2. The number of nitrogens with two attached hydrogens (primary N) is 1. The molecule has 3 aromatic rings. The summed E-state index contributed by atoms with van der Waals surface area (Å²) in [7, 11) is -4.25. The number of nitrogens with zero attached hydrogens (tertiary/aromatic N) is 1. The highest BCUT2D eigenvalue weighted by Crippen LogP contribution is 2.34. The fraction of sp³-hybridized carbons (Fsp3) is 0.250. The second-order valence-corrected chi connectivity index (χ2v) is 9.73. The molecule has 1 heterocycles. The zero-order valence-electron chi connectivity index (χ0n) is 17.0. The van der Waals surface area contributed by atoms with E-state index in [-0.39, 0.29) is 16.3 Å². The van der Waals surface area contributed by atoms with Crippen LogP contribution in [0, 0.1) is 13.8 Å². The van der Waals surface area contributed by atoms with Gasteiger partial charge in [0.15, 0.2) is 0 Å². The van der Waals surface area contributed by atoms with Crippen molar-refractivity contribution in [1.82, 2.24) is 14.9 Å². The molecule has 0 spiro atoms. The summed E-state index contributed by atoms with van der Waals surface area (Å²) in [5.41, 5.74) is 8.05. The summed E-state index contributed by atoms with van der Waals surface area (Å²) in [5, 5.41) is 5.99. The molecule has 0 fully saturated rings. The van der Waals surface area contributed by atoms with Gasteiger partial charge in [0.2, 0.25) is 21.8 Å². The summed E-state index contributed by atoms with van der Waals surface area (Å²) < 4.78 is 34.6. The molecule has 0 aliphatic carbocycles. The standard InChI is InChI=1S/C20H21BrN4O5S/c1-10-5-4-6-14(11(10)2)12(3)17(19-23-24-20(27)30-19)25-31(28,29)16-8-7-13(21)9-15(16)18(22)26/h4-9,12,17,25H,1-3H3,(H2,22,26)(H,24,27). The fourth-order valence-electron chi connectivity index (χ4n) is 3.35. The Morgan fingerprint density at radius 3 is 2.58 bits per heavy atom. The summed E-state index contributed by atoms with van der Waals surface area (Å²) in [4.78, 5) is 23.1. The molecule has 1 aromatic heterocycles. The number of carbonyl (C=O) groups is 1. The largest absolute Gasteiger partial charge is 0.434 e. The molecule has 3 rings (SSSR count). The van der Waals surface area contributed by atoms with E-state index in [2.05, 4.69) is 30.8 Å². The highest BCUT2D eigenvalue weighted by molar-refractivity contribution is 9.10. The average Bonchev–Trinajstić information content (AvgIpc) is 3.13. The lowest BCUT2D eigenvalue weighted by atomic mass is 9.88. The molecule has 2 unspecified atom stereocenters. The zero-order chi connectivity index (χ0) is 22.9. The first kappa shape index (κ1) is 22.9. The second-order valence-electron chi connectivity index (χ2n) is 7.13. The Kier molecular flexibility index (Phi) is 6.48. The minimum absolute atomic E-state index is 0.125. The first-order valence-electron chi connectivity index (χ1n) is 9.24. The van der Waals surface area contributed by atoms with E-state index in [1.54, 1.807) is 6.92 Å². The quantitative estimate of drug-likeness (QED) is 0.446. The van der Waals surface area contributed by atoms with E-state index in [1.165, 1.54) is 18.2 Å². The SMILES string of the molecule is Cc1cccc(C(C)C(NS(=O)(=O)c2ccc(Br)cc2C(N)=O)c2n[nH]c(=O)o2)c1C. The van der Waals surface area contributed by atoms with E-state index in [4.69, 9.17) is 10.2 Å². The maximum atomic E-state index is 13.3. The third-order valence-corrected chi connectivity index (χ3v) is 7.13. The van der Waals surface area contributed by atoms with Crippen LogP contribution in [-0.2, 0) is 10.0 Å². The highest BCUT2D eigenvalue weighted by Gasteiger charge is 2.33. The lowest BCUT2D eigenvalue weighted by molar-refractivity contribution is 0.0997. The molecule has 11 heteroatoms.